The Labute approximate surface area is 128 Å². The molecular formula is C12H7BrCl3NO. The minimum absolute atomic E-state index is 0.361. The summed E-state index contributed by atoms with van der Waals surface area (Å²) in [6, 6.07) is 8.35. The van der Waals surface area contributed by atoms with Crippen LogP contribution in [0.1, 0.15) is 0 Å². The lowest BCUT2D eigenvalue weighted by Gasteiger charge is -2.12. The smallest absolute Gasteiger partial charge is 0.168 e. The van der Waals surface area contributed by atoms with Crippen LogP contribution >= 0.6 is 50.7 Å². The number of hydrogen-bond donors (Lipinski definition) is 1. The van der Waals surface area contributed by atoms with Gasteiger partial charge in [0.2, 0.25) is 0 Å². The van der Waals surface area contributed by atoms with Crippen LogP contribution in [0.4, 0.5) is 5.69 Å². The summed E-state index contributed by atoms with van der Waals surface area (Å²) >= 11 is 21.3. The second-order valence-corrected chi connectivity index (χ2v) is 5.53. The summed E-state index contributed by atoms with van der Waals surface area (Å²) in [5.41, 5.74) is 6.22. The van der Waals surface area contributed by atoms with Crippen molar-refractivity contribution in [2.24, 2.45) is 0 Å². The topological polar surface area (TPSA) is 35.2 Å². The van der Waals surface area contributed by atoms with Gasteiger partial charge in [-0.3, -0.25) is 0 Å². The molecule has 2 rings (SSSR count). The Balaban J connectivity index is 2.43. The van der Waals surface area contributed by atoms with Crippen LogP contribution in [0.15, 0.2) is 34.8 Å². The molecule has 0 aromatic heterocycles. The van der Waals surface area contributed by atoms with Crippen LogP contribution in [0, 0.1) is 0 Å². The number of rotatable bonds is 2. The standard InChI is InChI=1S/C12H7BrCl3NO/c13-6-4-9(16)11(5-8(6)15)18-12-7(14)2-1-3-10(12)17/h1-5H,17H2. The molecule has 0 aliphatic rings. The Morgan fingerprint density at radius 3 is 2.39 bits per heavy atom. The normalized spacial score (nSPS) is 10.4. The molecule has 0 aliphatic heterocycles. The molecule has 0 aliphatic carbocycles. The molecule has 0 radical (unpaired) electrons. The van der Waals surface area contributed by atoms with Crippen molar-refractivity contribution in [2.45, 2.75) is 0 Å². The van der Waals surface area contributed by atoms with Crippen molar-refractivity contribution < 1.29 is 4.74 Å². The van der Waals surface area contributed by atoms with E-state index in [1.807, 2.05) is 0 Å². The number of halogens is 4. The van der Waals surface area contributed by atoms with Crippen molar-refractivity contribution in [1.82, 2.24) is 0 Å². The minimum atomic E-state index is 0.361. The lowest BCUT2D eigenvalue weighted by molar-refractivity contribution is 0.485. The maximum atomic E-state index is 6.06. The largest absolute Gasteiger partial charge is 0.452 e. The predicted molar refractivity (Wildman–Crippen MR) is 80.1 cm³/mol. The van der Waals surface area contributed by atoms with Crippen LogP contribution in [-0.2, 0) is 0 Å². The van der Waals surface area contributed by atoms with E-state index in [1.54, 1.807) is 30.3 Å². The van der Waals surface area contributed by atoms with Gasteiger partial charge in [-0.25, -0.2) is 0 Å². The summed E-state index contributed by atoms with van der Waals surface area (Å²) in [6.07, 6.45) is 0. The van der Waals surface area contributed by atoms with Crippen LogP contribution in [0.2, 0.25) is 15.1 Å². The fraction of sp³-hybridized carbons (Fsp3) is 0. The molecule has 94 valence electrons. The number of para-hydroxylation sites is 1. The van der Waals surface area contributed by atoms with Crippen molar-refractivity contribution in [2.75, 3.05) is 5.73 Å². The SMILES string of the molecule is Nc1cccc(Cl)c1Oc1cc(Cl)c(Br)cc1Cl. The van der Waals surface area contributed by atoms with Gasteiger partial charge in [0.25, 0.3) is 0 Å². The zero-order valence-corrected chi connectivity index (χ0v) is 12.7. The zero-order chi connectivity index (χ0) is 13.3. The van der Waals surface area contributed by atoms with Gasteiger partial charge in [-0.2, -0.15) is 0 Å². The zero-order valence-electron chi connectivity index (χ0n) is 8.88. The Hall–Kier alpha value is -0.610. The quantitative estimate of drug-likeness (QED) is 0.539. The Kier molecular flexibility index (Phi) is 4.28. The number of hydrogen-bond acceptors (Lipinski definition) is 2. The molecule has 0 amide bonds. The minimum Gasteiger partial charge on any atom is -0.452 e. The first-order chi connectivity index (χ1) is 8.49. The molecule has 2 nitrogen and oxygen atoms in total. The summed E-state index contributed by atoms with van der Waals surface area (Å²) < 4.78 is 6.30. The third-order valence-corrected chi connectivity index (χ3v) is 3.97. The van der Waals surface area contributed by atoms with Crippen LogP contribution in [0.3, 0.4) is 0 Å². The second-order valence-electron chi connectivity index (χ2n) is 3.46. The fourth-order valence-electron chi connectivity index (χ4n) is 1.33. The molecule has 2 N–H and O–H groups in total. The molecule has 2 aromatic rings. The molecule has 0 saturated carbocycles. The average molecular weight is 367 g/mol. The fourth-order valence-corrected chi connectivity index (χ4v) is 2.38. The highest BCUT2D eigenvalue weighted by atomic mass is 79.9. The summed E-state index contributed by atoms with van der Waals surface area (Å²) in [5, 5.41) is 1.30. The van der Waals surface area contributed by atoms with E-state index in [4.69, 9.17) is 45.3 Å². The van der Waals surface area contributed by atoms with E-state index < -0.39 is 0 Å². The van der Waals surface area contributed by atoms with Gasteiger partial charge in [0.1, 0.15) is 5.75 Å². The number of benzene rings is 2. The van der Waals surface area contributed by atoms with Crippen LogP contribution in [0.5, 0.6) is 11.5 Å². The van der Waals surface area contributed by atoms with E-state index in [0.717, 1.165) is 0 Å². The van der Waals surface area contributed by atoms with Crippen molar-refractivity contribution in [3.05, 3.63) is 49.9 Å². The number of nitrogen functional groups attached to an aromatic ring is 1. The van der Waals surface area contributed by atoms with Gasteiger partial charge < -0.3 is 10.5 Å². The maximum absolute atomic E-state index is 6.06. The second kappa shape index (κ2) is 5.57. The monoisotopic (exact) mass is 365 g/mol. The number of anilines is 1. The van der Waals surface area contributed by atoms with E-state index in [9.17, 15) is 0 Å². The Morgan fingerprint density at radius 1 is 1.00 bits per heavy atom. The molecule has 0 bridgehead atoms. The molecule has 0 fully saturated rings. The third kappa shape index (κ3) is 2.86. The third-order valence-electron chi connectivity index (χ3n) is 2.18. The molecule has 0 saturated heterocycles. The van der Waals surface area contributed by atoms with Gasteiger partial charge in [0, 0.05) is 10.5 Å². The summed E-state index contributed by atoms with van der Waals surface area (Å²) in [5.74, 6) is 0.754. The highest BCUT2D eigenvalue weighted by Gasteiger charge is 2.12. The van der Waals surface area contributed by atoms with E-state index >= 15 is 0 Å². The van der Waals surface area contributed by atoms with Crippen LogP contribution in [-0.4, -0.2) is 0 Å². The summed E-state index contributed by atoms with van der Waals surface area (Å²) in [7, 11) is 0. The Morgan fingerprint density at radius 2 is 1.72 bits per heavy atom. The van der Waals surface area contributed by atoms with E-state index in [0.29, 0.717) is 36.7 Å². The molecule has 0 atom stereocenters. The van der Waals surface area contributed by atoms with Crippen molar-refractivity contribution >= 4 is 56.4 Å². The molecular weight excluding hydrogens is 360 g/mol. The van der Waals surface area contributed by atoms with Crippen LogP contribution < -0.4 is 10.5 Å². The van der Waals surface area contributed by atoms with E-state index in [2.05, 4.69) is 15.9 Å². The molecule has 0 unspecified atom stereocenters. The average Bonchev–Trinajstić information content (AvgIpc) is 2.30. The van der Waals surface area contributed by atoms with E-state index in [1.165, 1.54) is 0 Å². The molecule has 0 spiro atoms. The lowest BCUT2D eigenvalue weighted by atomic mass is 10.3. The van der Waals surface area contributed by atoms with Gasteiger partial charge in [-0.05, 0) is 34.1 Å². The van der Waals surface area contributed by atoms with Gasteiger partial charge in [0.05, 0.1) is 20.8 Å². The van der Waals surface area contributed by atoms with Gasteiger partial charge >= 0.3 is 0 Å². The highest BCUT2D eigenvalue weighted by molar-refractivity contribution is 9.10. The van der Waals surface area contributed by atoms with Crippen molar-refractivity contribution in [3.63, 3.8) is 0 Å². The van der Waals surface area contributed by atoms with Gasteiger partial charge in [0.15, 0.2) is 5.75 Å². The number of ether oxygens (including phenoxy) is 1. The molecule has 6 heteroatoms. The summed E-state index contributed by atoms with van der Waals surface area (Å²) in [4.78, 5) is 0. The molecule has 0 heterocycles. The summed E-state index contributed by atoms with van der Waals surface area (Å²) in [6.45, 7) is 0. The lowest BCUT2D eigenvalue weighted by Crippen LogP contribution is -1.93. The van der Waals surface area contributed by atoms with Gasteiger partial charge in [-0.1, -0.05) is 40.9 Å². The first kappa shape index (κ1) is 13.8. The Bertz CT molecular complexity index is 584. The first-order valence-electron chi connectivity index (χ1n) is 4.85. The molecule has 18 heavy (non-hydrogen) atoms. The maximum Gasteiger partial charge on any atom is 0.168 e. The molecule has 2 aromatic carbocycles. The predicted octanol–water partition coefficient (Wildman–Crippen LogP) is 5.78. The first-order valence-corrected chi connectivity index (χ1v) is 6.78. The van der Waals surface area contributed by atoms with Gasteiger partial charge in [-0.15, -0.1) is 0 Å². The van der Waals surface area contributed by atoms with Crippen molar-refractivity contribution in [1.29, 1.82) is 0 Å². The van der Waals surface area contributed by atoms with Crippen molar-refractivity contribution in [3.8, 4) is 11.5 Å². The van der Waals surface area contributed by atoms with E-state index in [-0.39, 0.29) is 0 Å². The number of nitrogens with two attached hydrogens (primary N) is 1. The van der Waals surface area contributed by atoms with Crippen LogP contribution in [0.25, 0.3) is 0 Å². The highest BCUT2D eigenvalue weighted by Crippen LogP contribution is 2.40.